The molecule has 1 aliphatic carbocycles. The number of hydrogen-bond acceptors (Lipinski definition) is 4. The third-order valence-electron chi connectivity index (χ3n) is 4.26. The van der Waals surface area contributed by atoms with Crippen LogP contribution in [0.2, 0.25) is 0 Å². The molecule has 2 heterocycles. The van der Waals surface area contributed by atoms with Crippen molar-refractivity contribution in [3.63, 3.8) is 0 Å². The van der Waals surface area contributed by atoms with Crippen LogP contribution in [0, 0.1) is 13.8 Å². The highest BCUT2D eigenvalue weighted by Crippen LogP contribution is 2.30. The minimum absolute atomic E-state index is 0.392. The maximum atomic E-state index is 4.81. The Kier molecular flexibility index (Phi) is 3.30. The van der Waals surface area contributed by atoms with Crippen LogP contribution in [0.4, 0.5) is 0 Å². The van der Waals surface area contributed by atoms with Crippen LogP contribution in [0.1, 0.15) is 41.5 Å². The smallest absolute Gasteiger partial charge is 0.163 e. The normalized spacial score (nSPS) is 18.1. The first-order valence-electron chi connectivity index (χ1n) is 7.15. The molecule has 0 bridgehead atoms. The molecule has 5 nitrogen and oxygen atoms in total. The van der Waals surface area contributed by atoms with E-state index in [4.69, 9.17) is 4.98 Å². The molecule has 0 fully saturated rings. The Morgan fingerprint density at radius 1 is 1.35 bits per heavy atom. The van der Waals surface area contributed by atoms with Crippen molar-refractivity contribution >= 4 is 0 Å². The van der Waals surface area contributed by atoms with Gasteiger partial charge in [-0.15, -0.1) is 0 Å². The Balaban J connectivity index is 2.09. The molecule has 0 amide bonds. The Labute approximate surface area is 119 Å². The minimum atomic E-state index is 0.392. The van der Waals surface area contributed by atoms with Crippen molar-refractivity contribution in [2.24, 2.45) is 7.05 Å². The van der Waals surface area contributed by atoms with Gasteiger partial charge in [0.2, 0.25) is 0 Å². The van der Waals surface area contributed by atoms with Crippen molar-refractivity contribution in [2.75, 3.05) is 7.05 Å². The van der Waals surface area contributed by atoms with Gasteiger partial charge in [-0.25, -0.2) is 9.97 Å². The molecule has 1 atom stereocenters. The van der Waals surface area contributed by atoms with Gasteiger partial charge < -0.3 is 5.32 Å². The van der Waals surface area contributed by atoms with Gasteiger partial charge in [0, 0.05) is 36.2 Å². The zero-order chi connectivity index (χ0) is 14.3. The number of rotatable bonds is 2. The summed E-state index contributed by atoms with van der Waals surface area (Å²) in [6.07, 6.45) is 5.38. The van der Waals surface area contributed by atoms with Crippen LogP contribution in [0.5, 0.6) is 0 Å². The lowest BCUT2D eigenvalue weighted by Crippen LogP contribution is -2.23. The molecule has 0 saturated carbocycles. The van der Waals surface area contributed by atoms with E-state index in [9.17, 15) is 0 Å². The van der Waals surface area contributed by atoms with Crippen molar-refractivity contribution in [2.45, 2.75) is 39.2 Å². The molecular formula is C15H21N5. The molecule has 2 aromatic rings. The number of fused-ring (bicyclic) bond motifs is 1. The van der Waals surface area contributed by atoms with Gasteiger partial charge in [-0.1, -0.05) is 0 Å². The van der Waals surface area contributed by atoms with E-state index in [1.54, 1.807) is 0 Å². The van der Waals surface area contributed by atoms with E-state index >= 15 is 0 Å². The largest absolute Gasteiger partial charge is 0.313 e. The van der Waals surface area contributed by atoms with E-state index in [-0.39, 0.29) is 0 Å². The molecule has 1 aliphatic rings. The summed E-state index contributed by atoms with van der Waals surface area (Å²) in [4.78, 5) is 9.40. The first-order chi connectivity index (χ1) is 9.61. The zero-order valence-electron chi connectivity index (χ0n) is 12.6. The minimum Gasteiger partial charge on any atom is -0.313 e. The Morgan fingerprint density at radius 2 is 2.15 bits per heavy atom. The summed E-state index contributed by atoms with van der Waals surface area (Å²) < 4.78 is 1.89. The van der Waals surface area contributed by atoms with Crippen LogP contribution in [0.25, 0.3) is 11.4 Å². The predicted molar refractivity (Wildman–Crippen MR) is 78.4 cm³/mol. The Morgan fingerprint density at radius 3 is 2.80 bits per heavy atom. The molecule has 5 heteroatoms. The molecule has 0 saturated heterocycles. The van der Waals surface area contributed by atoms with Crippen LogP contribution in [-0.4, -0.2) is 26.8 Å². The van der Waals surface area contributed by atoms with E-state index in [1.165, 1.54) is 17.7 Å². The van der Waals surface area contributed by atoms with Gasteiger partial charge in [0.25, 0.3) is 0 Å². The van der Waals surface area contributed by atoms with Gasteiger partial charge in [0.15, 0.2) is 5.82 Å². The molecule has 1 unspecified atom stereocenters. The van der Waals surface area contributed by atoms with Crippen molar-refractivity contribution < 1.29 is 0 Å². The highest BCUT2D eigenvalue weighted by molar-refractivity contribution is 5.61. The third kappa shape index (κ3) is 2.02. The standard InChI is InChI=1S/C15H21N5/c1-9-14(10(2)20(4)19-9)15-17-8-11-12(16-3)6-5-7-13(11)18-15/h8,12,16H,5-7H2,1-4H3. The fourth-order valence-electron chi connectivity index (χ4n) is 3.06. The van der Waals surface area contributed by atoms with E-state index in [0.717, 1.165) is 35.6 Å². The van der Waals surface area contributed by atoms with Crippen LogP contribution in [0.15, 0.2) is 6.20 Å². The van der Waals surface area contributed by atoms with Crippen LogP contribution >= 0.6 is 0 Å². The third-order valence-corrected chi connectivity index (χ3v) is 4.26. The molecule has 3 rings (SSSR count). The highest BCUT2D eigenvalue weighted by atomic mass is 15.3. The van der Waals surface area contributed by atoms with Crippen molar-refractivity contribution in [3.05, 3.63) is 28.8 Å². The fraction of sp³-hybridized carbons (Fsp3) is 0.533. The second-order valence-corrected chi connectivity index (χ2v) is 5.50. The zero-order valence-corrected chi connectivity index (χ0v) is 12.6. The maximum Gasteiger partial charge on any atom is 0.163 e. The number of nitrogens with one attached hydrogen (secondary N) is 1. The topological polar surface area (TPSA) is 55.6 Å². The molecule has 0 spiro atoms. The summed E-state index contributed by atoms with van der Waals surface area (Å²) in [5.74, 6) is 0.809. The predicted octanol–water partition coefficient (Wildman–Crippen LogP) is 2.09. The number of aryl methyl sites for hydroxylation is 3. The Hall–Kier alpha value is -1.75. The van der Waals surface area contributed by atoms with Gasteiger partial charge in [0.1, 0.15) is 0 Å². The summed E-state index contributed by atoms with van der Waals surface area (Å²) in [5.41, 5.74) is 5.61. The van der Waals surface area contributed by atoms with E-state index < -0.39 is 0 Å². The van der Waals surface area contributed by atoms with Crippen molar-refractivity contribution in [3.8, 4) is 11.4 Å². The lowest BCUT2D eigenvalue weighted by Gasteiger charge is -2.24. The second-order valence-electron chi connectivity index (χ2n) is 5.50. The lowest BCUT2D eigenvalue weighted by molar-refractivity contribution is 0.488. The molecule has 20 heavy (non-hydrogen) atoms. The summed E-state index contributed by atoms with van der Waals surface area (Å²) in [6.45, 7) is 4.08. The maximum absolute atomic E-state index is 4.81. The van der Waals surface area contributed by atoms with Crippen molar-refractivity contribution in [1.29, 1.82) is 0 Å². The van der Waals surface area contributed by atoms with Gasteiger partial charge >= 0.3 is 0 Å². The molecule has 106 valence electrons. The van der Waals surface area contributed by atoms with Gasteiger partial charge in [-0.3, -0.25) is 4.68 Å². The van der Waals surface area contributed by atoms with Gasteiger partial charge in [0.05, 0.1) is 11.3 Å². The monoisotopic (exact) mass is 271 g/mol. The highest BCUT2D eigenvalue weighted by Gasteiger charge is 2.22. The lowest BCUT2D eigenvalue weighted by atomic mass is 9.92. The summed E-state index contributed by atoms with van der Waals surface area (Å²) >= 11 is 0. The molecule has 1 N–H and O–H groups in total. The molecular weight excluding hydrogens is 250 g/mol. The molecule has 0 aliphatic heterocycles. The van der Waals surface area contributed by atoms with E-state index in [1.807, 2.05) is 31.9 Å². The summed E-state index contributed by atoms with van der Waals surface area (Å²) in [6, 6.07) is 0.392. The van der Waals surface area contributed by atoms with Crippen LogP contribution < -0.4 is 5.32 Å². The average molecular weight is 271 g/mol. The number of hydrogen-bond donors (Lipinski definition) is 1. The van der Waals surface area contributed by atoms with Crippen LogP contribution in [-0.2, 0) is 13.5 Å². The first-order valence-corrected chi connectivity index (χ1v) is 7.15. The van der Waals surface area contributed by atoms with Crippen LogP contribution in [0.3, 0.4) is 0 Å². The Bertz CT molecular complexity index is 644. The SMILES string of the molecule is CNC1CCCc2nc(-c3c(C)nn(C)c3C)ncc21. The molecule has 0 aromatic carbocycles. The first kappa shape index (κ1) is 13.2. The average Bonchev–Trinajstić information content (AvgIpc) is 2.71. The fourth-order valence-corrected chi connectivity index (χ4v) is 3.06. The summed E-state index contributed by atoms with van der Waals surface area (Å²) in [5, 5.41) is 7.80. The van der Waals surface area contributed by atoms with Gasteiger partial charge in [-0.05, 0) is 40.2 Å². The van der Waals surface area contributed by atoms with E-state index in [0.29, 0.717) is 6.04 Å². The van der Waals surface area contributed by atoms with E-state index in [2.05, 4.69) is 22.3 Å². The number of aromatic nitrogens is 4. The quantitative estimate of drug-likeness (QED) is 0.908. The van der Waals surface area contributed by atoms with Gasteiger partial charge in [-0.2, -0.15) is 5.10 Å². The second kappa shape index (κ2) is 4.98. The molecule has 2 aromatic heterocycles. The van der Waals surface area contributed by atoms with Crippen molar-refractivity contribution in [1.82, 2.24) is 25.1 Å². The molecule has 0 radical (unpaired) electrons. The summed E-state index contributed by atoms with van der Waals surface area (Å²) in [7, 11) is 3.96. The number of nitrogens with zero attached hydrogens (tertiary/aromatic N) is 4.